The molecule has 0 aliphatic carbocycles. The third-order valence-electron chi connectivity index (χ3n) is 9.69. The fourth-order valence-corrected chi connectivity index (χ4v) is 6.37. The van der Waals surface area contributed by atoms with Gasteiger partial charge in [0.2, 0.25) is 11.4 Å². The van der Waals surface area contributed by atoms with Crippen molar-refractivity contribution in [1.29, 1.82) is 0 Å². The highest BCUT2D eigenvalue weighted by molar-refractivity contribution is 5.86. The molecule has 3 aromatic carbocycles. The van der Waals surface area contributed by atoms with E-state index >= 15 is 0 Å². The van der Waals surface area contributed by atoms with Gasteiger partial charge in [-0.25, -0.2) is 0 Å². The monoisotopic (exact) mass is 784 g/mol. The van der Waals surface area contributed by atoms with E-state index in [4.69, 9.17) is 14.2 Å². The standard InChI is InChI=1S/C56H50NO3/c1-7-19-48(55-29-15-23-43(3)42(2)21-10-13-38-59-55)34-35-57(51-32-30-47(31-33-51)54-28-17-27-53-45(5)22-11-14-39-60-56(53)54)52-26-16-24-50(41-52)49-25-18-37-58-36-12-8-9-20-44(4)46(6)40-49/h7-35,37-41H,2-5,36H2,1,6H3/q+1/b12-8-,19-7-,20-9-,21-10-,22-11-,23-15-,37-18+,38-13-,39-14-,46-40+,48-34+,49-25+,55-29-,57-35?. The van der Waals surface area contributed by atoms with Crippen molar-refractivity contribution in [3.05, 3.63) is 272 Å². The average Bonchev–Trinajstić information content (AvgIpc) is 3.27. The maximum Gasteiger partial charge on any atom is 0.211 e. The Labute approximate surface area is 355 Å². The first-order valence-corrected chi connectivity index (χ1v) is 19.8. The Morgan fingerprint density at radius 3 is 2.13 bits per heavy atom. The number of hydrogen-bond acceptors (Lipinski definition) is 3. The molecule has 4 nitrogen and oxygen atoms in total. The molecule has 6 rings (SSSR count). The van der Waals surface area contributed by atoms with Gasteiger partial charge in [-0.2, -0.15) is 4.58 Å². The lowest BCUT2D eigenvalue weighted by Crippen LogP contribution is -2.06. The second-order valence-corrected chi connectivity index (χ2v) is 13.9. The second-order valence-electron chi connectivity index (χ2n) is 13.9. The van der Waals surface area contributed by atoms with Crippen LogP contribution >= 0.6 is 0 Å². The van der Waals surface area contributed by atoms with E-state index in [9.17, 15) is 0 Å². The van der Waals surface area contributed by atoms with Crippen LogP contribution in [0.5, 0.6) is 5.75 Å². The predicted molar refractivity (Wildman–Crippen MR) is 256 cm³/mol. The molecular weight excluding hydrogens is 735 g/mol. The molecule has 0 N–H and O–H groups in total. The van der Waals surface area contributed by atoms with E-state index in [1.807, 2.05) is 116 Å². The van der Waals surface area contributed by atoms with Crippen molar-refractivity contribution < 1.29 is 14.2 Å². The molecule has 60 heavy (non-hydrogen) atoms. The maximum atomic E-state index is 6.21. The molecule has 0 radical (unpaired) electrons. The van der Waals surface area contributed by atoms with E-state index in [1.54, 1.807) is 18.8 Å². The van der Waals surface area contributed by atoms with E-state index in [-0.39, 0.29) is 0 Å². The van der Waals surface area contributed by atoms with E-state index < -0.39 is 0 Å². The zero-order valence-corrected chi connectivity index (χ0v) is 34.3. The van der Waals surface area contributed by atoms with E-state index in [0.717, 1.165) is 78.4 Å². The number of rotatable bonds is 7. The number of fused-ring (bicyclic) bond motifs is 1. The van der Waals surface area contributed by atoms with Gasteiger partial charge in [0, 0.05) is 47.0 Å². The van der Waals surface area contributed by atoms with Crippen LogP contribution in [0.4, 0.5) is 11.4 Å². The lowest BCUT2D eigenvalue weighted by Gasteiger charge is -2.15. The Balaban J connectivity index is 1.49. The summed E-state index contributed by atoms with van der Waals surface area (Å²) in [7, 11) is 0. The Hall–Kier alpha value is -7.69. The van der Waals surface area contributed by atoms with Gasteiger partial charge in [-0.15, -0.1) is 0 Å². The van der Waals surface area contributed by atoms with Crippen LogP contribution in [0, 0.1) is 0 Å². The van der Waals surface area contributed by atoms with Crippen LogP contribution < -0.4 is 9.31 Å². The van der Waals surface area contributed by atoms with Gasteiger partial charge in [0.1, 0.15) is 18.1 Å². The SMILES string of the molecule is C=C1/C=C\C=C/OC(/C(/C=C\C)=C/C=[N+](c2ccc(-c3cccc4c3O/C=C\C=C/C4=C)cc2)c2cccc(C3=C/C=C/OC/C=C\C=C/C(=C)\C(C)=C\3)c2)=C\C=C/C1=C. The van der Waals surface area contributed by atoms with E-state index in [1.165, 1.54) is 0 Å². The predicted octanol–water partition coefficient (Wildman–Crippen LogP) is 14.4. The highest BCUT2D eigenvalue weighted by atomic mass is 16.5. The zero-order chi connectivity index (χ0) is 42.1. The van der Waals surface area contributed by atoms with Crippen molar-refractivity contribution in [2.75, 3.05) is 6.61 Å². The molecule has 0 fully saturated rings. The molecule has 3 aliphatic rings. The summed E-state index contributed by atoms with van der Waals surface area (Å²) >= 11 is 0. The summed E-state index contributed by atoms with van der Waals surface area (Å²) in [6, 6.07) is 23.1. The molecule has 0 saturated carbocycles. The van der Waals surface area contributed by atoms with Gasteiger partial charge >= 0.3 is 0 Å². The fraction of sp³-hybridized carbons (Fsp3) is 0.0536. The number of benzene rings is 3. The van der Waals surface area contributed by atoms with E-state index in [2.05, 4.69) is 117 Å². The summed E-state index contributed by atoms with van der Waals surface area (Å²) in [5.74, 6) is 1.43. The van der Waals surface area contributed by atoms with Crippen LogP contribution in [0.1, 0.15) is 25.0 Å². The lowest BCUT2D eigenvalue weighted by molar-refractivity contribution is 0.290. The molecule has 0 atom stereocenters. The average molecular weight is 785 g/mol. The molecule has 4 heteroatoms. The zero-order valence-electron chi connectivity index (χ0n) is 34.3. The first-order valence-electron chi connectivity index (χ1n) is 19.8. The van der Waals surface area contributed by atoms with Crippen molar-refractivity contribution in [3.8, 4) is 16.9 Å². The number of ether oxygens (including phenoxy) is 3. The topological polar surface area (TPSA) is 30.7 Å². The van der Waals surface area contributed by atoms with Crippen molar-refractivity contribution in [3.63, 3.8) is 0 Å². The second kappa shape index (κ2) is 21.2. The number of para-hydroxylation sites is 1. The summed E-state index contributed by atoms with van der Waals surface area (Å²) in [5, 5.41) is 0. The van der Waals surface area contributed by atoms with Gasteiger partial charge in [-0.3, -0.25) is 0 Å². The molecule has 0 aromatic heterocycles. The highest BCUT2D eigenvalue weighted by Gasteiger charge is 2.18. The first kappa shape index (κ1) is 41.9. The summed E-state index contributed by atoms with van der Waals surface area (Å²) in [5.41, 5.74) is 12.3. The third kappa shape index (κ3) is 11.2. The molecule has 3 heterocycles. The quantitative estimate of drug-likeness (QED) is 0.136. The Kier molecular flexibility index (Phi) is 14.8. The molecule has 0 spiro atoms. The Morgan fingerprint density at radius 1 is 0.633 bits per heavy atom. The van der Waals surface area contributed by atoms with Crippen molar-refractivity contribution in [2.45, 2.75) is 13.8 Å². The maximum absolute atomic E-state index is 6.21. The molecule has 3 aliphatic heterocycles. The van der Waals surface area contributed by atoms with Crippen LogP contribution in [-0.4, -0.2) is 12.8 Å². The van der Waals surface area contributed by atoms with Gasteiger partial charge in [-0.1, -0.05) is 136 Å². The molecule has 296 valence electrons. The van der Waals surface area contributed by atoms with Gasteiger partial charge in [-0.05, 0) is 101 Å². The molecule has 3 aromatic rings. The minimum atomic E-state index is 0.477. The van der Waals surface area contributed by atoms with E-state index in [0.29, 0.717) is 12.4 Å². The lowest BCUT2D eigenvalue weighted by atomic mass is 9.97. The molecular formula is C56H50NO3+. The molecule has 0 unspecified atom stereocenters. The fourth-order valence-electron chi connectivity index (χ4n) is 6.37. The van der Waals surface area contributed by atoms with Crippen molar-refractivity contribution >= 4 is 28.7 Å². The summed E-state index contributed by atoms with van der Waals surface area (Å²) in [6.07, 6.45) is 44.5. The Morgan fingerprint density at radius 2 is 1.33 bits per heavy atom. The van der Waals surface area contributed by atoms with Gasteiger partial charge in [0.25, 0.3) is 0 Å². The van der Waals surface area contributed by atoms with Gasteiger partial charge < -0.3 is 14.2 Å². The van der Waals surface area contributed by atoms with Crippen LogP contribution in [0.25, 0.3) is 22.3 Å². The smallest absolute Gasteiger partial charge is 0.211 e. The summed E-state index contributed by atoms with van der Waals surface area (Å²) in [4.78, 5) is 0. The number of nitrogens with zero attached hydrogens (tertiary/aromatic N) is 1. The summed E-state index contributed by atoms with van der Waals surface area (Å²) in [6.45, 7) is 21.4. The van der Waals surface area contributed by atoms with Gasteiger partial charge in [0.05, 0.1) is 18.8 Å². The highest BCUT2D eigenvalue weighted by Crippen LogP contribution is 2.38. The minimum Gasteiger partial charge on any atom is -0.497 e. The van der Waals surface area contributed by atoms with Crippen LogP contribution in [0.2, 0.25) is 0 Å². The normalized spacial score (nSPS) is 23.4. The molecule has 0 bridgehead atoms. The minimum absolute atomic E-state index is 0.477. The third-order valence-corrected chi connectivity index (χ3v) is 9.69. The van der Waals surface area contributed by atoms with Crippen molar-refractivity contribution in [1.82, 2.24) is 4.58 Å². The van der Waals surface area contributed by atoms with Gasteiger partial charge in [0.15, 0.2) is 6.21 Å². The Bertz CT molecular complexity index is 2590. The van der Waals surface area contributed by atoms with Crippen molar-refractivity contribution in [2.24, 2.45) is 0 Å². The number of allylic oxidation sites excluding steroid dienone is 24. The molecule has 0 amide bonds. The molecule has 0 saturated heterocycles. The number of hydrogen-bond donors (Lipinski definition) is 0. The van der Waals surface area contributed by atoms with Crippen LogP contribution in [0.3, 0.4) is 0 Å². The van der Waals surface area contributed by atoms with Crippen LogP contribution in [-0.2, 0) is 9.47 Å². The first-order chi connectivity index (χ1) is 29.3. The summed E-state index contributed by atoms with van der Waals surface area (Å²) < 4.78 is 20.2. The largest absolute Gasteiger partial charge is 0.497 e. The van der Waals surface area contributed by atoms with Crippen LogP contribution in [0.15, 0.2) is 261 Å².